The van der Waals surface area contributed by atoms with Gasteiger partial charge in [-0.1, -0.05) is 104 Å². The van der Waals surface area contributed by atoms with Crippen LogP contribution in [0.15, 0.2) is 125 Å². The topological polar surface area (TPSA) is 24.3 Å². The summed E-state index contributed by atoms with van der Waals surface area (Å²) in [6, 6.07) is 36.0. The van der Waals surface area contributed by atoms with Crippen LogP contribution in [0.1, 0.15) is 79.0 Å². The Bertz CT molecular complexity index is 2200. The Hall–Kier alpha value is -4.48. The van der Waals surface area contributed by atoms with E-state index in [1.165, 1.54) is 59.7 Å². The third kappa shape index (κ3) is 6.61. The molecule has 0 saturated heterocycles. The number of aromatic nitrogens is 2. The van der Waals surface area contributed by atoms with Gasteiger partial charge in [0.05, 0.1) is 17.7 Å². The molecule has 0 radical (unpaired) electrons. The zero-order valence-corrected chi connectivity index (χ0v) is 31.2. The monoisotopic (exact) mass is 664 g/mol. The number of rotatable bonds is 5. The van der Waals surface area contributed by atoms with E-state index in [0.29, 0.717) is 0 Å². The number of nitrogens with zero attached hydrogens (tertiary/aromatic N) is 4. The van der Waals surface area contributed by atoms with Crippen LogP contribution < -0.4 is 9.80 Å². The summed E-state index contributed by atoms with van der Waals surface area (Å²) < 4.78 is 2.35. The van der Waals surface area contributed by atoms with Gasteiger partial charge in [0.2, 0.25) is 0 Å². The minimum absolute atomic E-state index is 0.0277. The highest BCUT2D eigenvalue weighted by Gasteiger charge is 2.22. The molecule has 4 aromatic carbocycles. The van der Waals surface area contributed by atoms with Gasteiger partial charge in [0.25, 0.3) is 0 Å². The molecular formula is C44H48N4S. The summed E-state index contributed by atoms with van der Waals surface area (Å²) in [7, 11) is 0. The predicted molar refractivity (Wildman–Crippen MR) is 211 cm³/mol. The fourth-order valence-corrected chi connectivity index (χ4v) is 7.46. The number of benzene rings is 4. The highest BCUT2D eigenvalue weighted by atomic mass is 32.2. The van der Waals surface area contributed by atoms with Crippen LogP contribution in [0.5, 0.6) is 0 Å². The van der Waals surface area contributed by atoms with Gasteiger partial charge < -0.3 is 9.80 Å². The maximum Gasteiger partial charge on any atom is 0.137 e. The summed E-state index contributed by atoms with van der Waals surface area (Å²) in [6.45, 7) is 21.2. The first-order chi connectivity index (χ1) is 23.1. The molecule has 1 aliphatic rings. The van der Waals surface area contributed by atoms with Gasteiger partial charge in [0, 0.05) is 50.5 Å². The van der Waals surface area contributed by atoms with Crippen molar-refractivity contribution in [1.29, 1.82) is 0 Å². The Morgan fingerprint density at radius 1 is 0.531 bits per heavy atom. The van der Waals surface area contributed by atoms with Gasteiger partial charge in [-0.15, -0.1) is 0 Å². The molecule has 250 valence electrons. The van der Waals surface area contributed by atoms with Gasteiger partial charge >= 0.3 is 0 Å². The Morgan fingerprint density at radius 2 is 1.14 bits per heavy atom. The number of hydrogen-bond acceptors (Lipinski definition) is 4. The van der Waals surface area contributed by atoms with E-state index in [2.05, 4.69) is 186 Å². The van der Waals surface area contributed by atoms with Crippen LogP contribution in [0.3, 0.4) is 0 Å². The average Bonchev–Trinajstić information content (AvgIpc) is 3.67. The first-order valence-electron chi connectivity index (χ1n) is 17.3. The van der Waals surface area contributed by atoms with Gasteiger partial charge in [0.1, 0.15) is 5.82 Å². The highest BCUT2D eigenvalue weighted by Crippen LogP contribution is 2.39. The molecule has 0 unspecified atom stereocenters. The molecule has 0 saturated carbocycles. The summed E-state index contributed by atoms with van der Waals surface area (Å²) in [4.78, 5) is 12.0. The lowest BCUT2D eigenvalue weighted by Crippen LogP contribution is -2.25. The van der Waals surface area contributed by atoms with Gasteiger partial charge in [-0.3, -0.25) is 4.57 Å². The smallest absolute Gasteiger partial charge is 0.137 e. The van der Waals surface area contributed by atoms with Crippen molar-refractivity contribution in [2.45, 2.75) is 88.3 Å². The Morgan fingerprint density at radius 3 is 1.84 bits per heavy atom. The summed E-state index contributed by atoms with van der Waals surface area (Å²) in [5, 5.41) is 2.52. The van der Waals surface area contributed by atoms with Crippen molar-refractivity contribution in [3.8, 4) is 5.82 Å². The Kier molecular flexibility index (Phi) is 8.18. The summed E-state index contributed by atoms with van der Waals surface area (Å²) in [5.74, 6) is 0.957. The van der Waals surface area contributed by atoms with Gasteiger partial charge in [-0.25, -0.2) is 4.98 Å². The van der Waals surface area contributed by atoms with Crippen LogP contribution in [0.4, 0.5) is 11.4 Å². The molecule has 2 aromatic heterocycles. The van der Waals surface area contributed by atoms with E-state index in [0.717, 1.165) is 12.5 Å². The SMILES string of the molecule is CC(C)(C)c1cccc(N2C=CN(c3cccc(Sc4ccc5c6cc(C(C)(C)C)ccc6n(-c6cc(C(C)(C)C)ccn6)c5c4)c3)C2)c1. The van der Waals surface area contributed by atoms with E-state index in [-0.39, 0.29) is 16.2 Å². The van der Waals surface area contributed by atoms with Crippen LogP contribution in [0, 0.1) is 0 Å². The molecular weight excluding hydrogens is 617 g/mol. The van der Waals surface area contributed by atoms with Crippen molar-refractivity contribution in [3.63, 3.8) is 0 Å². The van der Waals surface area contributed by atoms with Crippen molar-refractivity contribution in [1.82, 2.24) is 9.55 Å². The van der Waals surface area contributed by atoms with Gasteiger partial charge in [-0.05, 0) is 99.7 Å². The lowest BCUT2D eigenvalue weighted by atomic mass is 9.86. The maximum absolute atomic E-state index is 4.92. The molecule has 5 heteroatoms. The van der Waals surface area contributed by atoms with Crippen LogP contribution in [-0.4, -0.2) is 16.2 Å². The second kappa shape index (κ2) is 12.1. The molecule has 0 N–H and O–H groups in total. The van der Waals surface area contributed by atoms with E-state index in [9.17, 15) is 0 Å². The maximum atomic E-state index is 4.92. The second-order valence-electron chi connectivity index (χ2n) is 16.4. The second-order valence-corrected chi connectivity index (χ2v) is 17.6. The molecule has 0 fully saturated rings. The standard InChI is InChI=1S/C44H48N4S/c1-42(2,3)30-12-10-13-33(24-30)46-22-23-47(29-46)34-14-11-15-35(27-34)49-36-17-18-37-38-25-31(43(4,5)6)16-19-39(38)48(40(37)28-36)41-26-32(20-21-45-41)44(7,8)9/h10-28H,29H2,1-9H3. The van der Waals surface area contributed by atoms with E-state index in [1.807, 2.05) is 18.0 Å². The predicted octanol–water partition coefficient (Wildman–Crippen LogP) is 12.0. The molecule has 3 heterocycles. The van der Waals surface area contributed by atoms with Crippen LogP contribution in [0.25, 0.3) is 27.6 Å². The van der Waals surface area contributed by atoms with Crippen molar-refractivity contribution < 1.29 is 0 Å². The van der Waals surface area contributed by atoms with Crippen LogP contribution in [0.2, 0.25) is 0 Å². The van der Waals surface area contributed by atoms with Crippen LogP contribution in [-0.2, 0) is 16.2 Å². The van der Waals surface area contributed by atoms with E-state index < -0.39 is 0 Å². The third-order valence-electron chi connectivity index (χ3n) is 9.60. The molecule has 7 rings (SSSR count). The molecule has 4 nitrogen and oxygen atoms in total. The quantitative estimate of drug-likeness (QED) is 0.183. The first kappa shape index (κ1) is 33.0. The number of hydrogen-bond donors (Lipinski definition) is 0. The van der Waals surface area contributed by atoms with Crippen molar-refractivity contribution in [2.75, 3.05) is 16.5 Å². The number of anilines is 2. The normalized spacial score (nSPS) is 14.1. The zero-order chi connectivity index (χ0) is 34.7. The summed E-state index contributed by atoms with van der Waals surface area (Å²) in [5.41, 5.74) is 8.93. The molecule has 1 aliphatic heterocycles. The van der Waals surface area contributed by atoms with Crippen molar-refractivity contribution in [3.05, 3.63) is 132 Å². The van der Waals surface area contributed by atoms with Gasteiger partial charge in [0.15, 0.2) is 0 Å². The Labute approximate surface area is 296 Å². The van der Waals surface area contributed by atoms with Crippen molar-refractivity contribution in [2.24, 2.45) is 0 Å². The summed E-state index contributed by atoms with van der Waals surface area (Å²) >= 11 is 1.81. The fraction of sp³-hybridized carbons (Fsp3) is 0.295. The van der Waals surface area contributed by atoms with Gasteiger partial charge in [-0.2, -0.15) is 0 Å². The minimum atomic E-state index is 0.0277. The van der Waals surface area contributed by atoms with E-state index in [4.69, 9.17) is 4.98 Å². The highest BCUT2D eigenvalue weighted by molar-refractivity contribution is 7.99. The minimum Gasteiger partial charge on any atom is -0.328 e. The summed E-state index contributed by atoms with van der Waals surface area (Å²) in [6.07, 6.45) is 6.32. The molecule has 0 atom stereocenters. The van der Waals surface area contributed by atoms with E-state index in [1.54, 1.807) is 0 Å². The number of fused-ring (bicyclic) bond motifs is 3. The third-order valence-corrected chi connectivity index (χ3v) is 10.6. The molecule has 0 amide bonds. The molecule has 49 heavy (non-hydrogen) atoms. The molecule has 0 spiro atoms. The fourth-order valence-electron chi connectivity index (χ4n) is 6.55. The number of pyridine rings is 1. The average molecular weight is 665 g/mol. The van der Waals surface area contributed by atoms with E-state index >= 15 is 0 Å². The largest absolute Gasteiger partial charge is 0.328 e. The molecule has 6 aromatic rings. The zero-order valence-electron chi connectivity index (χ0n) is 30.4. The van der Waals surface area contributed by atoms with Crippen molar-refractivity contribution >= 4 is 44.9 Å². The lowest BCUT2D eigenvalue weighted by molar-refractivity contribution is 0.588. The first-order valence-corrected chi connectivity index (χ1v) is 18.1. The molecule has 0 aliphatic carbocycles. The van der Waals surface area contributed by atoms with Crippen LogP contribution >= 0.6 is 11.8 Å². The lowest BCUT2D eigenvalue weighted by Gasteiger charge is -2.24. The molecule has 0 bridgehead atoms. The Balaban J connectivity index is 1.22.